The Hall–Kier alpha value is -4.88. The molecule has 0 aliphatic heterocycles. The van der Waals surface area contributed by atoms with E-state index < -0.39 is 0 Å². The third kappa shape index (κ3) is 4.85. The normalized spacial score (nSPS) is 29.7. The summed E-state index contributed by atoms with van der Waals surface area (Å²) < 4.78 is 0. The van der Waals surface area contributed by atoms with Gasteiger partial charge in [0.15, 0.2) is 0 Å². The topological polar surface area (TPSA) is 3.24 Å². The molecule has 318 valence electrons. The number of anilines is 3. The van der Waals surface area contributed by atoms with Gasteiger partial charge >= 0.3 is 0 Å². The van der Waals surface area contributed by atoms with Crippen molar-refractivity contribution >= 4 is 17.1 Å². The molecular weight excluding hydrogens is 759 g/mol. The maximum absolute atomic E-state index is 2.64. The maximum atomic E-state index is 2.64. The summed E-state index contributed by atoms with van der Waals surface area (Å²) in [7, 11) is 0. The van der Waals surface area contributed by atoms with Gasteiger partial charge in [-0.3, -0.25) is 0 Å². The molecule has 0 N–H and O–H groups in total. The van der Waals surface area contributed by atoms with Crippen LogP contribution in [0.3, 0.4) is 0 Å². The quantitative estimate of drug-likeness (QED) is 0.167. The van der Waals surface area contributed by atoms with Crippen LogP contribution >= 0.6 is 0 Å². The fourth-order valence-electron chi connectivity index (χ4n) is 16.5. The van der Waals surface area contributed by atoms with Crippen LogP contribution in [0.5, 0.6) is 0 Å². The van der Waals surface area contributed by atoms with Crippen molar-refractivity contribution in [1.29, 1.82) is 0 Å². The second-order valence-corrected chi connectivity index (χ2v) is 24.2. The van der Waals surface area contributed by atoms with Crippen LogP contribution in [0, 0.1) is 29.1 Å². The fourth-order valence-corrected chi connectivity index (χ4v) is 16.5. The Morgan fingerprint density at radius 1 is 0.444 bits per heavy atom. The highest BCUT2D eigenvalue weighted by atomic mass is 15.1. The lowest BCUT2D eigenvalue weighted by molar-refractivity contribution is -0.231. The minimum Gasteiger partial charge on any atom is -0.310 e. The van der Waals surface area contributed by atoms with E-state index in [-0.39, 0.29) is 27.1 Å². The Morgan fingerprint density at radius 2 is 1.00 bits per heavy atom. The Kier molecular flexibility index (Phi) is 7.63. The summed E-state index contributed by atoms with van der Waals surface area (Å²) in [5, 5.41) is 0. The molecule has 6 atom stereocenters. The third-order valence-electron chi connectivity index (χ3n) is 19.4. The predicted octanol–water partition coefficient (Wildman–Crippen LogP) is 16.5. The Balaban J connectivity index is 1.01. The first kappa shape index (κ1) is 38.6. The van der Waals surface area contributed by atoms with Crippen LogP contribution in [-0.2, 0) is 27.1 Å². The lowest BCUT2D eigenvalue weighted by Crippen LogP contribution is -2.73. The molecule has 0 heterocycles. The highest BCUT2D eigenvalue weighted by Crippen LogP contribution is 2.90. The third-order valence-corrected chi connectivity index (χ3v) is 19.4. The van der Waals surface area contributed by atoms with Gasteiger partial charge in [0, 0.05) is 22.4 Å². The summed E-state index contributed by atoms with van der Waals surface area (Å²) in [5.41, 5.74) is 22.8. The Morgan fingerprint density at radius 3 is 1.68 bits per heavy atom. The molecule has 6 aromatic rings. The first-order valence-corrected chi connectivity index (χ1v) is 24.7. The molecule has 4 fully saturated rings. The molecule has 4 saturated carbocycles. The van der Waals surface area contributed by atoms with Crippen LogP contribution in [0.15, 0.2) is 127 Å². The second-order valence-electron chi connectivity index (χ2n) is 24.2. The van der Waals surface area contributed by atoms with Crippen LogP contribution in [0.4, 0.5) is 17.1 Å². The summed E-state index contributed by atoms with van der Waals surface area (Å²) in [4.78, 5) is 2.64. The number of hydrogen-bond acceptors (Lipinski definition) is 1. The predicted molar refractivity (Wildman–Crippen MR) is 264 cm³/mol. The molecule has 7 aliphatic rings. The molecule has 13 rings (SSSR count). The van der Waals surface area contributed by atoms with Gasteiger partial charge in [0.2, 0.25) is 0 Å². The summed E-state index contributed by atoms with van der Waals surface area (Å²) in [6.07, 6.45) is 10.7. The van der Waals surface area contributed by atoms with Gasteiger partial charge < -0.3 is 4.90 Å². The molecule has 6 aromatic carbocycles. The largest absolute Gasteiger partial charge is 0.310 e. The maximum Gasteiger partial charge on any atom is 0.0543 e. The number of hydrogen-bond donors (Lipinski definition) is 0. The van der Waals surface area contributed by atoms with E-state index in [0.717, 1.165) is 23.7 Å². The van der Waals surface area contributed by atoms with E-state index in [1.54, 1.807) is 11.1 Å². The summed E-state index contributed by atoms with van der Waals surface area (Å²) in [5.74, 6) is 3.47. The average molecular weight is 824 g/mol. The van der Waals surface area contributed by atoms with E-state index >= 15 is 0 Å². The molecule has 7 aliphatic carbocycles. The first-order chi connectivity index (χ1) is 30.2. The van der Waals surface area contributed by atoms with E-state index in [2.05, 4.69) is 188 Å². The monoisotopic (exact) mass is 824 g/mol. The lowest BCUT2D eigenvalue weighted by Gasteiger charge is -2.76. The molecule has 0 saturated heterocycles. The lowest BCUT2D eigenvalue weighted by atomic mass is 9.27. The highest BCUT2D eigenvalue weighted by molar-refractivity contribution is 5.97. The molecule has 1 heteroatoms. The first-order valence-electron chi connectivity index (χ1n) is 24.7. The van der Waals surface area contributed by atoms with E-state index in [9.17, 15) is 0 Å². The summed E-state index contributed by atoms with van der Waals surface area (Å²) >= 11 is 0. The van der Waals surface area contributed by atoms with Gasteiger partial charge in [-0.1, -0.05) is 152 Å². The molecule has 0 radical (unpaired) electrons. The zero-order chi connectivity index (χ0) is 43.1. The van der Waals surface area contributed by atoms with Gasteiger partial charge in [0.25, 0.3) is 0 Å². The van der Waals surface area contributed by atoms with Crippen LogP contribution < -0.4 is 4.90 Å². The number of fused-ring (bicyclic) bond motifs is 10. The second kappa shape index (κ2) is 12.5. The fraction of sp³-hybridized carbons (Fsp3) is 0.419. The number of benzene rings is 6. The minimum atomic E-state index is 0.103. The van der Waals surface area contributed by atoms with Gasteiger partial charge in [0.05, 0.1) is 5.69 Å². The number of nitrogens with zero attached hydrogens (tertiary/aromatic N) is 1. The highest BCUT2D eigenvalue weighted by Gasteiger charge is 2.84. The van der Waals surface area contributed by atoms with E-state index in [1.165, 1.54) is 124 Å². The van der Waals surface area contributed by atoms with Gasteiger partial charge in [-0.05, 0) is 194 Å². The number of rotatable bonds is 5. The smallest absolute Gasteiger partial charge is 0.0543 e. The van der Waals surface area contributed by atoms with Crippen LogP contribution in [0.1, 0.15) is 140 Å². The van der Waals surface area contributed by atoms with E-state index in [4.69, 9.17) is 0 Å². The molecule has 6 unspecified atom stereocenters. The van der Waals surface area contributed by atoms with Crippen LogP contribution in [0.2, 0.25) is 0 Å². The van der Waals surface area contributed by atoms with Gasteiger partial charge in [-0.2, -0.15) is 0 Å². The molecule has 1 nitrogen and oxygen atoms in total. The van der Waals surface area contributed by atoms with Crippen LogP contribution in [-0.4, -0.2) is 0 Å². The van der Waals surface area contributed by atoms with Crippen molar-refractivity contribution in [2.24, 2.45) is 29.1 Å². The zero-order valence-corrected chi connectivity index (χ0v) is 39.0. The van der Waals surface area contributed by atoms with Crippen molar-refractivity contribution in [1.82, 2.24) is 0 Å². The zero-order valence-electron chi connectivity index (χ0n) is 39.0. The van der Waals surface area contributed by atoms with E-state index in [1.807, 2.05) is 0 Å². The van der Waals surface area contributed by atoms with E-state index in [0.29, 0.717) is 5.41 Å². The molecule has 2 bridgehead atoms. The minimum absolute atomic E-state index is 0.103. The standard InChI is InChI=1S/C62H65N/c1-57(2)29-31-59(5,6)55-44(18-12-22-49(55)57)39-25-27-42(28-26-39)63(43-16-11-15-40(35-43)45-19-13-23-50-56(45)60(7,8)32-30-58(50,3)4)51-24-14-21-48-54(51)46-17-9-10-20-47(46)62(48)52-34-38-33-41-36-53(62)61(41,52)37-38/h9-28,35,38,41,52-53H,29-34,36-37H2,1-8H3. The molecule has 0 aromatic heterocycles. The summed E-state index contributed by atoms with van der Waals surface area (Å²) in [6.45, 7) is 19.7. The van der Waals surface area contributed by atoms with Gasteiger partial charge in [-0.25, -0.2) is 0 Å². The van der Waals surface area contributed by atoms with Crippen molar-refractivity contribution in [3.05, 3.63) is 161 Å². The van der Waals surface area contributed by atoms with Gasteiger partial charge in [0.1, 0.15) is 0 Å². The molecule has 63 heavy (non-hydrogen) atoms. The van der Waals surface area contributed by atoms with Gasteiger partial charge in [-0.15, -0.1) is 0 Å². The van der Waals surface area contributed by atoms with Crippen molar-refractivity contribution in [2.45, 2.75) is 134 Å². The van der Waals surface area contributed by atoms with Crippen molar-refractivity contribution in [2.75, 3.05) is 4.90 Å². The molecule has 0 amide bonds. The Labute approximate surface area is 377 Å². The van der Waals surface area contributed by atoms with Crippen molar-refractivity contribution < 1.29 is 0 Å². The molecule has 2 spiro atoms. The van der Waals surface area contributed by atoms with Crippen molar-refractivity contribution in [3.63, 3.8) is 0 Å². The van der Waals surface area contributed by atoms with Crippen molar-refractivity contribution in [3.8, 4) is 33.4 Å². The Bertz CT molecular complexity index is 2900. The average Bonchev–Trinajstić information content (AvgIpc) is 3.92. The van der Waals surface area contributed by atoms with Crippen LogP contribution in [0.25, 0.3) is 33.4 Å². The molecular formula is C62H65N. The SMILES string of the molecule is CC1(C)CCC(C)(C)c2c(-c3ccc(N(c4cccc(-c5cccc6c5C(C)(C)CCC6(C)C)c4)c4cccc5c4-c4ccccc4C54C5CC6CC7CC4C75C6)cc3)cccc21. The summed E-state index contributed by atoms with van der Waals surface area (Å²) in [6, 6.07) is 50.6.